The number of thioether (sulfide) groups is 1. The van der Waals surface area contributed by atoms with E-state index in [1.165, 1.54) is 10.5 Å². The van der Waals surface area contributed by atoms with Crippen molar-refractivity contribution >= 4 is 28.4 Å². The molecule has 1 unspecified atom stereocenters. The summed E-state index contributed by atoms with van der Waals surface area (Å²) < 4.78 is 0. The summed E-state index contributed by atoms with van der Waals surface area (Å²) in [7, 11) is 0. The normalized spacial score (nSPS) is 17.6. The maximum Gasteiger partial charge on any atom is 0.0670 e. The summed E-state index contributed by atoms with van der Waals surface area (Å²) in [5, 5.41) is 11.8. The molecular weight excluding hydrogens is 254 g/mol. The first kappa shape index (κ1) is 10.9. The molecule has 3 nitrogen and oxygen atoms in total. The zero-order valence-electron chi connectivity index (χ0n) is 10.3. The van der Waals surface area contributed by atoms with Crippen molar-refractivity contribution in [3.8, 4) is 0 Å². The molecule has 0 fully saturated rings. The van der Waals surface area contributed by atoms with Crippen molar-refractivity contribution in [1.82, 2.24) is 10.2 Å². The van der Waals surface area contributed by atoms with Gasteiger partial charge in [0.25, 0.3) is 0 Å². The van der Waals surface area contributed by atoms with Crippen LogP contribution in [0, 0.1) is 0 Å². The minimum atomic E-state index is 0.390. The minimum absolute atomic E-state index is 0.390. The molecule has 19 heavy (non-hydrogen) atoms. The highest BCUT2D eigenvalue weighted by Crippen LogP contribution is 2.39. The summed E-state index contributed by atoms with van der Waals surface area (Å²) >= 11 is 1.92. The summed E-state index contributed by atoms with van der Waals surface area (Å²) in [6.45, 7) is 0. The van der Waals surface area contributed by atoms with Crippen molar-refractivity contribution in [2.75, 3.05) is 11.1 Å². The van der Waals surface area contributed by atoms with E-state index in [0.29, 0.717) is 6.04 Å². The molecule has 1 atom stereocenters. The van der Waals surface area contributed by atoms with Gasteiger partial charge in [0.1, 0.15) is 0 Å². The Bertz CT molecular complexity index is 735. The summed E-state index contributed by atoms with van der Waals surface area (Å²) in [6, 6.07) is 15.3. The predicted octanol–water partition coefficient (Wildman–Crippen LogP) is 3.82. The number of nitrogens with zero attached hydrogens (tertiary/aromatic N) is 1. The van der Waals surface area contributed by atoms with Crippen LogP contribution in [0.2, 0.25) is 0 Å². The molecule has 0 saturated carbocycles. The smallest absolute Gasteiger partial charge is 0.0670 e. The molecule has 4 rings (SSSR count). The number of nitrogens with one attached hydrogen (secondary N) is 2. The van der Waals surface area contributed by atoms with Crippen molar-refractivity contribution in [2.24, 2.45) is 0 Å². The fraction of sp³-hybridized carbons (Fsp3) is 0.133. The van der Waals surface area contributed by atoms with Gasteiger partial charge in [-0.05, 0) is 29.8 Å². The zero-order chi connectivity index (χ0) is 12.7. The van der Waals surface area contributed by atoms with E-state index in [2.05, 4.69) is 58.0 Å². The van der Waals surface area contributed by atoms with Gasteiger partial charge < -0.3 is 5.32 Å². The van der Waals surface area contributed by atoms with Gasteiger partial charge in [-0.1, -0.05) is 18.2 Å². The first-order valence-corrected chi connectivity index (χ1v) is 7.30. The third kappa shape index (κ3) is 1.88. The van der Waals surface area contributed by atoms with Crippen LogP contribution in [-0.2, 0) is 0 Å². The number of aromatic nitrogens is 2. The van der Waals surface area contributed by atoms with Crippen LogP contribution >= 0.6 is 11.8 Å². The van der Waals surface area contributed by atoms with Crippen molar-refractivity contribution in [2.45, 2.75) is 10.9 Å². The van der Waals surface area contributed by atoms with E-state index < -0.39 is 0 Å². The van der Waals surface area contributed by atoms with E-state index in [4.69, 9.17) is 0 Å². The molecule has 2 aromatic carbocycles. The molecule has 0 amide bonds. The second-order valence-corrected chi connectivity index (χ2v) is 5.78. The van der Waals surface area contributed by atoms with Gasteiger partial charge in [-0.25, -0.2) is 0 Å². The highest BCUT2D eigenvalue weighted by Gasteiger charge is 2.22. The van der Waals surface area contributed by atoms with E-state index in [1.54, 1.807) is 0 Å². The second kappa shape index (κ2) is 4.31. The van der Waals surface area contributed by atoms with Crippen LogP contribution in [-0.4, -0.2) is 16.0 Å². The topological polar surface area (TPSA) is 40.7 Å². The van der Waals surface area contributed by atoms with Crippen molar-refractivity contribution in [1.29, 1.82) is 0 Å². The largest absolute Gasteiger partial charge is 0.377 e. The number of benzene rings is 2. The van der Waals surface area contributed by atoms with Gasteiger partial charge >= 0.3 is 0 Å². The molecule has 0 radical (unpaired) electrons. The van der Waals surface area contributed by atoms with Gasteiger partial charge in [0.15, 0.2) is 0 Å². The third-order valence-electron chi connectivity index (χ3n) is 3.48. The molecule has 0 bridgehead atoms. The lowest BCUT2D eigenvalue weighted by Crippen LogP contribution is -2.09. The summed E-state index contributed by atoms with van der Waals surface area (Å²) in [5.41, 5.74) is 3.61. The Hall–Kier alpha value is -1.94. The van der Waals surface area contributed by atoms with E-state index >= 15 is 0 Å². The highest BCUT2D eigenvalue weighted by molar-refractivity contribution is 7.99. The predicted molar refractivity (Wildman–Crippen MR) is 79.6 cm³/mol. The Kier molecular flexibility index (Phi) is 2.48. The van der Waals surface area contributed by atoms with Gasteiger partial charge in [0.2, 0.25) is 0 Å². The molecule has 1 aliphatic rings. The Morgan fingerprint density at radius 1 is 1.21 bits per heavy atom. The van der Waals surface area contributed by atoms with Crippen LogP contribution in [0.5, 0.6) is 0 Å². The molecular formula is C15H13N3S. The number of hydrogen-bond donors (Lipinski definition) is 2. The fourth-order valence-corrected chi connectivity index (χ4v) is 3.67. The molecule has 0 spiro atoms. The second-order valence-electron chi connectivity index (χ2n) is 4.72. The molecule has 94 valence electrons. The standard InChI is InChI=1S/C15H13N3S/c1-2-4-15-12(3-1)14(9-19-15)17-11-6-5-10-8-16-18-13(10)7-11/h1-8,14,17H,9H2,(H,16,18). The maximum absolute atomic E-state index is 4.05. The molecule has 1 aliphatic heterocycles. The van der Waals surface area contributed by atoms with Crippen LogP contribution in [0.4, 0.5) is 5.69 Å². The van der Waals surface area contributed by atoms with Crippen molar-refractivity contribution < 1.29 is 0 Å². The molecule has 2 N–H and O–H groups in total. The number of anilines is 1. The van der Waals surface area contributed by atoms with Gasteiger partial charge in [0, 0.05) is 21.7 Å². The average Bonchev–Trinajstić information content (AvgIpc) is 3.06. The Morgan fingerprint density at radius 2 is 2.16 bits per heavy atom. The molecule has 2 heterocycles. The summed E-state index contributed by atoms with van der Waals surface area (Å²) in [4.78, 5) is 1.39. The molecule has 3 aromatic rings. The average molecular weight is 267 g/mol. The Balaban J connectivity index is 1.65. The quantitative estimate of drug-likeness (QED) is 0.741. The summed E-state index contributed by atoms with van der Waals surface area (Å²) in [6.07, 6.45) is 1.85. The van der Waals surface area contributed by atoms with E-state index in [0.717, 1.165) is 22.3 Å². The number of rotatable bonds is 2. The lowest BCUT2D eigenvalue weighted by atomic mass is 10.1. The highest BCUT2D eigenvalue weighted by atomic mass is 32.2. The van der Waals surface area contributed by atoms with Crippen LogP contribution in [0.25, 0.3) is 10.9 Å². The van der Waals surface area contributed by atoms with Crippen molar-refractivity contribution in [3.05, 3.63) is 54.2 Å². The number of hydrogen-bond acceptors (Lipinski definition) is 3. The fourth-order valence-electron chi connectivity index (χ4n) is 2.51. The van der Waals surface area contributed by atoms with Crippen LogP contribution < -0.4 is 5.32 Å². The summed E-state index contributed by atoms with van der Waals surface area (Å²) in [5.74, 6) is 1.08. The zero-order valence-corrected chi connectivity index (χ0v) is 11.1. The van der Waals surface area contributed by atoms with E-state index in [9.17, 15) is 0 Å². The Morgan fingerprint density at radius 3 is 3.16 bits per heavy atom. The van der Waals surface area contributed by atoms with Gasteiger partial charge in [0.05, 0.1) is 17.8 Å². The molecule has 4 heteroatoms. The number of aromatic amines is 1. The molecule has 0 saturated heterocycles. The van der Waals surface area contributed by atoms with Crippen LogP contribution in [0.3, 0.4) is 0 Å². The first-order valence-electron chi connectivity index (χ1n) is 6.31. The molecule has 1 aromatic heterocycles. The van der Waals surface area contributed by atoms with E-state index in [1.807, 2.05) is 18.0 Å². The lowest BCUT2D eigenvalue weighted by molar-refractivity contribution is 0.900. The first-order chi connectivity index (χ1) is 9.40. The van der Waals surface area contributed by atoms with E-state index in [-0.39, 0.29) is 0 Å². The SMILES string of the molecule is c1ccc2c(c1)SCC2Nc1ccc2cn[nH]c2c1. The van der Waals surface area contributed by atoms with Gasteiger partial charge in [-0.3, -0.25) is 5.10 Å². The van der Waals surface area contributed by atoms with Gasteiger partial charge in [-0.2, -0.15) is 5.10 Å². The number of H-pyrrole nitrogens is 1. The maximum atomic E-state index is 4.05. The number of fused-ring (bicyclic) bond motifs is 2. The monoisotopic (exact) mass is 267 g/mol. The van der Waals surface area contributed by atoms with Crippen LogP contribution in [0.1, 0.15) is 11.6 Å². The van der Waals surface area contributed by atoms with Gasteiger partial charge in [-0.15, -0.1) is 11.8 Å². The lowest BCUT2D eigenvalue weighted by Gasteiger charge is -2.14. The van der Waals surface area contributed by atoms with Crippen LogP contribution in [0.15, 0.2) is 53.6 Å². The van der Waals surface area contributed by atoms with Crippen molar-refractivity contribution in [3.63, 3.8) is 0 Å². The molecule has 0 aliphatic carbocycles. The third-order valence-corrected chi connectivity index (χ3v) is 4.67. The minimum Gasteiger partial charge on any atom is -0.377 e. The Labute approximate surface area is 115 Å².